The van der Waals surface area contributed by atoms with E-state index in [1.54, 1.807) is 141 Å². The van der Waals surface area contributed by atoms with E-state index in [1.807, 2.05) is 88.4 Å². The number of hydrogen-bond acceptors (Lipinski definition) is 10. The van der Waals surface area contributed by atoms with E-state index in [-0.39, 0.29) is 66.7 Å². The molecule has 6 aromatic rings. The molecule has 2 saturated heterocycles. The number of rotatable bonds is 31. The van der Waals surface area contributed by atoms with Gasteiger partial charge in [0, 0.05) is 92.6 Å². The summed E-state index contributed by atoms with van der Waals surface area (Å²) in [5.74, 6) is -3.64. The number of carbonyl (C=O) groups excluding carboxylic acids is 6. The molecule has 16 nitrogen and oxygen atoms in total. The Morgan fingerprint density at radius 3 is 1.30 bits per heavy atom. The molecule has 0 aliphatic carbocycles. The van der Waals surface area contributed by atoms with Crippen LogP contribution in [0.5, 0.6) is 0 Å². The zero-order chi connectivity index (χ0) is 72.3. The number of carbonyl (C=O) groups is 6. The van der Waals surface area contributed by atoms with Gasteiger partial charge in [0.1, 0.15) is 0 Å². The Morgan fingerprint density at radius 2 is 0.919 bits per heavy atom. The molecule has 99 heavy (non-hydrogen) atoms. The molecule has 0 bridgehead atoms. The van der Waals surface area contributed by atoms with Crippen molar-refractivity contribution in [3.8, 4) is 0 Å². The number of anilines is 3. The number of halogens is 4. The molecular weight excluding hydrogens is 1370 g/mol. The lowest BCUT2D eigenvalue weighted by Crippen LogP contribution is -2.59. The Kier molecular flexibility index (Phi) is 26.6. The third kappa shape index (κ3) is 19.6. The summed E-state index contributed by atoms with van der Waals surface area (Å²) >= 11 is 26.0. The number of likely N-dealkylation sites (tertiary alicyclic amines) is 2. The molecule has 2 fully saturated rings. The van der Waals surface area contributed by atoms with Crippen molar-refractivity contribution < 1.29 is 45.6 Å². The van der Waals surface area contributed by atoms with E-state index in [0.717, 1.165) is 60.8 Å². The van der Waals surface area contributed by atoms with Gasteiger partial charge in [-0.15, -0.1) is 0 Å². The molecule has 0 saturated carbocycles. The second kappa shape index (κ2) is 33.8. The standard InChI is InChI=1S/C77H94Cl4N6O10S2/c1-49(2)67(46-98(94,95)51(5)6)86-71(53-22-28-58(78)29-23-53)65(56-18-16-20-60(80)40-56)42-76(9,74(86)92)44-69(89)83-62-32-26-55(27-33-62)73(91)82-38-14-12-11-13-15-39-85(48-88)64-36-34-63(35-37-64)84-70(90)45-77(10)43-66(57-19-17-21-61(81)41-57)72(54-24-30-59(79)31-25-54)87(75(77)93)68(50(3)4)47-99(96,97)52(7)8/h16-37,40-41,48-52,65-68,71-72H,11-15,38-39,42-47H2,1-10H3,(H,82,91)(H,83,89)(H,84,90)/t65-,66-,67-,68-,71-,72-,76-,77-/m1/s1. The van der Waals surface area contributed by atoms with Crippen LogP contribution in [0.15, 0.2) is 146 Å². The zero-order valence-corrected chi connectivity index (χ0v) is 62.8. The maximum absolute atomic E-state index is 15.3. The van der Waals surface area contributed by atoms with Gasteiger partial charge in [-0.25, -0.2) is 16.8 Å². The van der Waals surface area contributed by atoms with E-state index in [0.29, 0.717) is 55.8 Å². The van der Waals surface area contributed by atoms with E-state index < -0.39 is 88.8 Å². The number of hydrogen-bond donors (Lipinski definition) is 3. The van der Waals surface area contributed by atoms with Gasteiger partial charge in [0.25, 0.3) is 5.91 Å². The highest BCUT2D eigenvalue weighted by molar-refractivity contribution is 7.92. The predicted molar refractivity (Wildman–Crippen MR) is 399 cm³/mol. The third-order valence-corrected chi connectivity index (χ3v) is 25.1. The minimum Gasteiger partial charge on any atom is -0.352 e. The lowest BCUT2D eigenvalue weighted by Gasteiger charge is -2.53. The van der Waals surface area contributed by atoms with Crippen LogP contribution in [0, 0.1) is 22.7 Å². The van der Waals surface area contributed by atoms with Crippen molar-refractivity contribution in [3.05, 3.63) is 194 Å². The van der Waals surface area contributed by atoms with Crippen LogP contribution in [0.3, 0.4) is 0 Å². The SMILES string of the molecule is CC(C)[C@@H](CS(=O)(=O)C(C)C)N1C(=O)[C@@](C)(CC(=O)Nc2ccc(C(=O)NCCCCCCCN(C=O)c3ccc(NC(=O)C[C@@]4(C)C[C@H](c5cccc(Cl)c5)[C@@H](c5ccc(Cl)cc5)N([C@H](CS(=O)(=O)C(C)C)C(C)C)C4=O)cc3)cc2)C[C@H](c2cccc(Cl)c2)[C@H]1c1ccc(Cl)cc1. The summed E-state index contributed by atoms with van der Waals surface area (Å²) < 4.78 is 54.9. The molecule has 22 heteroatoms. The molecule has 6 amide bonds. The lowest BCUT2D eigenvalue weighted by atomic mass is 9.66. The number of nitrogens with one attached hydrogen (secondary N) is 3. The summed E-state index contributed by atoms with van der Waals surface area (Å²) in [5.41, 5.74) is 2.63. The first-order chi connectivity index (χ1) is 46.7. The second-order valence-electron chi connectivity index (χ2n) is 28.5. The van der Waals surface area contributed by atoms with Crippen molar-refractivity contribution in [1.82, 2.24) is 15.1 Å². The highest BCUT2D eigenvalue weighted by atomic mass is 35.5. The lowest BCUT2D eigenvalue weighted by molar-refractivity contribution is -0.157. The van der Waals surface area contributed by atoms with Crippen molar-refractivity contribution in [1.29, 1.82) is 0 Å². The van der Waals surface area contributed by atoms with Gasteiger partial charge < -0.3 is 30.7 Å². The first-order valence-electron chi connectivity index (χ1n) is 34.1. The molecule has 0 radical (unpaired) electrons. The number of piperidine rings is 2. The molecule has 2 aliphatic heterocycles. The van der Waals surface area contributed by atoms with Crippen LogP contribution in [0.2, 0.25) is 20.1 Å². The van der Waals surface area contributed by atoms with E-state index in [2.05, 4.69) is 16.0 Å². The maximum atomic E-state index is 15.3. The summed E-state index contributed by atoms with van der Waals surface area (Å²) in [4.78, 5) is 89.8. The Hall–Kier alpha value is -6.80. The molecule has 6 aromatic carbocycles. The van der Waals surface area contributed by atoms with Gasteiger partial charge in [-0.1, -0.05) is 156 Å². The van der Waals surface area contributed by atoms with Gasteiger partial charge in [-0.05, 0) is 185 Å². The minimum atomic E-state index is -3.65. The topological polar surface area (TPSA) is 217 Å². The Labute approximate surface area is 605 Å². The van der Waals surface area contributed by atoms with Crippen LogP contribution in [0.4, 0.5) is 17.1 Å². The number of amides is 6. The fourth-order valence-corrected chi connectivity index (χ4v) is 17.4. The van der Waals surface area contributed by atoms with Crippen LogP contribution in [-0.4, -0.2) is 110 Å². The summed E-state index contributed by atoms with van der Waals surface area (Å²) in [6, 6.07) is 40.1. The summed E-state index contributed by atoms with van der Waals surface area (Å²) in [6.45, 7) is 18.6. The Balaban J connectivity index is 0.825. The molecule has 8 rings (SSSR count). The molecule has 0 unspecified atom stereocenters. The van der Waals surface area contributed by atoms with E-state index in [9.17, 15) is 36.0 Å². The minimum absolute atomic E-state index is 0.199. The average molecular weight is 1470 g/mol. The number of benzene rings is 6. The molecule has 0 aromatic heterocycles. The summed E-state index contributed by atoms with van der Waals surface area (Å²) in [5, 5.41) is 9.56. The first-order valence-corrected chi connectivity index (χ1v) is 39.1. The van der Waals surface area contributed by atoms with Crippen molar-refractivity contribution in [2.75, 3.05) is 40.1 Å². The highest BCUT2D eigenvalue weighted by Gasteiger charge is 2.55. The van der Waals surface area contributed by atoms with Gasteiger partial charge in [0.15, 0.2) is 19.7 Å². The molecule has 2 aliphatic rings. The highest BCUT2D eigenvalue weighted by Crippen LogP contribution is 2.55. The second-order valence-corrected chi connectivity index (χ2v) is 35.5. The number of unbranched alkanes of at least 4 members (excludes halogenated alkanes) is 4. The average Bonchev–Trinajstić information content (AvgIpc) is 0.741. The van der Waals surface area contributed by atoms with Crippen LogP contribution in [0.25, 0.3) is 0 Å². The zero-order valence-electron chi connectivity index (χ0n) is 58.2. The quantitative estimate of drug-likeness (QED) is 0.0276. The fraction of sp³-hybridized carbons (Fsp3) is 0.455. The van der Waals surface area contributed by atoms with Crippen LogP contribution < -0.4 is 20.9 Å². The Morgan fingerprint density at radius 1 is 0.525 bits per heavy atom. The molecule has 2 heterocycles. The maximum Gasteiger partial charge on any atom is 0.251 e. The monoisotopic (exact) mass is 1470 g/mol. The van der Waals surface area contributed by atoms with Crippen molar-refractivity contribution >= 4 is 119 Å². The molecule has 0 spiro atoms. The fourth-order valence-electron chi connectivity index (χ4n) is 13.9. The summed E-state index contributed by atoms with van der Waals surface area (Å²) in [7, 11) is -7.30. The smallest absolute Gasteiger partial charge is 0.251 e. The van der Waals surface area contributed by atoms with Crippen molar-refractivity contribution in [3.63, 3.8) is 0 Å². The van der Waals surface area contributed by atoms with Gasteiger partial charge in [-0.3, -0.25) is 28.8 Å². The van der Waals surface area contributed by atoms with Gasteiger partial charge in [0.05, 0.1) is 44.9 Å². The van der Waals surface area contributed by atoms with Gasteiger partial charge >= 0.3 is 0 Å². The van der Waals surface area contributed by atoms with Crippen LogP contribution >= 0.6 is 46.4 Å². The predicted octanol–water partition coefficient (Wildman–Crippen LogP) is 16.5. The molecule has 8 atom stereocenters. The molecular formula is C77H94Cl4N6O10S2. The molecule has 532 valence electrons. The van der Waals surface area contributed by atoms with Gasteiger partial charge in [0.2, 0.25) is 30.0 Å². The normalized spacial score (nSPS) is 20.5. The van der Waals surface area contributed by atoms with E-state index in [1.165, 1.54) is 0 Å². The summed E-state index contributed by atoms with van der Waals surface area (Å²) in [6.07, 6.45) is 4.85. The van der Waals surface area contributed by atoms with E-state index >= 15 is 9.59 Å². The van der Waals surface area contributed by atoms with Crippen molar-refractivity contribution in [2.45, 2.75) is 174 Å². The van der Waals surface area contributed by atoms with Crippen LogP contribution in [-0.2, 0) is 43.6 Å². The largest absolute Gasteiger partial charge is 0.352 e. The first kappa shape index (κ1) is 77.9. The third-order valence-electron chi connectivity index (χ3n) is 19.7. The van der Waals surface area contributed by atoms with Crippen molar-refractivity contribution in [2.24, 2.45) is 22.7 Å². The van der Waals surface area contributed by atoms with Crippen LogP contribution in [0.1, 0.15) is 184 Å². The Bertz CT molecular complexity index is 4050. The van der Waals surface area contributed by atoms with E-state index in [4.69, 9.17) is 46.4 Å². The van der Waals surface area contributed by atoms with Gasteiger partial charge in [-0.2, -0.15) is 0 Å². The number of nitrogens with zero attached hydrogens (tertiary/aromatic N) is 3. The molecule has 3 N–H and O–H groups in total. The number of sulfone groups is 2.